The van der Waals surface area contributed by atoms with E-state index in [0.717, 1.165) is 6.54 Å². The normalized spacial score (nSPS) is 12.2. The van der Waals surface area contributed by atoms with Gasteiger partial charge in [-0.05, 0) is 27.1 Å². The number of hydrogen-bond donors (Lipinski definition) is 2. The molecule has 0 aromatic carbocycles. The summed E-state index contributed by atoms with van der Waals surface area (Å²) in [5.74, 6) is 0. The minimum atomic E-state index is -3.52. The Hall–Kier alpha value is -0.510. The Bertz CT molecular complexity index is 512. The fourth-order valence-corrected chi connectivity index (χ4v) is 4.05. The van der Waals surface area contributed by atoms with Gasteiger partial charge in [0.15, 0.2) is 0 Å². The molecule has 0 radical (unpaired) electrons. The number of sulfonamides is 1. The van der Waals surface area contributed by atoms with E-state index in [2.05, 4.69) is 4.72 Å². The molecular formula is C12H22N2O4S2. The number of hydrogen-bond acceptors (Lipinski definition) is 6. The predicted molar refractivity (Wildman–Crippen MR) is 79.5 cm³/mol. The first-order valence-electron chi connectivity index (χ1n) is 6.29. The number of thiophene rings is 1. The molecule has 116 valence electrons. The molecule has 1 rings (SSSR count). The van der Waals surface area contributed by atoms with Gasteiger partial charge in [-0.1, -0.05) is 0 Å². The molecule has 0 unspecified atom stereocenters. The van der Waals surface area contributed by atoms with E-state index >= 15 is 0 Å². The van der Waals surface area contributed by atoms with E-state index in [0.29, 0.717) is 23.0 Å². The Kier molecular flexibility index (Phi) is 7.07. The molecule has 0 aliphatic heterocycles. The Balaban J connectivity index is 2.43. The standard InChI is InChI=1S/C12H22N2O4S2/c1-10-12(8-11(9-15)19-10)20(16,17)13-4-6-18-7-5-14(2)3/h8,13,15H,4-7,9H2,1-3H3. The van der Waals surface area contributed by atoms with Crippen LogP contribution in [0.15, 0.2) is 11.0 Å². The average molecular weight is 322 g/mol. The van der Waals surface area contributed by atoms with Crippen molar-refractivity contribution in [2.45, 2.75) is 18.4 Å². The smallest absolute Gasteiger partial charge is 0.241 e. The van der Waals surface area contributed by atoms with Crippen LogP contribution in [0.3, 0.4) is 0 Å². The van der Waals surface area contributed by atoms with Crippen LogP contribution in [0, 0.1) is 6.92 Å². The molecule has 0 saturated heterocycles. The maximum atomic E-state index is 12.1. The SMILES string of the molecule is Cc1sc(CO)cc1S(=O)(=O)NCCOCCN(C)C. The summed E-state index contributed by atoms with van der Waals surface area (Å²) in [5.41, 5.74) is 0. The molecule has 0 spiro atoms. The molecule has 0 aliphatic rings. The summed E-state index contributed by atoms with van der Waals surface area (Å²) in [6, 6.07) is 1.51. The highest BCUT2D eigenvalue weighted by molar-refractivity contribution is 7.89. The first-order chi connectivity index (χ1) is 9.36. The van der Waals surface area contributed by atoms with Crippen molar-refractivity contribution in [2.75, 3.05) is 40.4 Å². The minimum absolute atomic E-state index is 0.144. The number of nitrogens with zero attached hydrogens (tertiary/aromatic N) is 1. The molecule has 0 fully saturated rings. The summed E-state index contributed by atoms with van der Waals surface area (Å²) in [6.45, 7) is 3.53. The van der Waals surface area contributed by atoms with Crippen molar-refractivity contribution in [1.29, 1.82) is 0 Å². The maximum Gasteiger partial charge on any atom is 0.241 e. The molecule has 0 atom stereocenters. The van der Waals surface area contributed by atoms with Gasteiger partial charge in [-0.3, -0.25) is 0 Å². The second kappa shape index (κ2) is 8.06. The van der Waals surface area contributed by atoms with Crippen LogP contribution in [0.1, 0.15) is 9.75 Å². The van der Waals surface area contributed by atoms with Gasteiger partial charge in [-0.2, -0.15) is 0 Å². The summed E-state index contributed by atoms with van der Waals surface area (Å²) < 4.78 is 32.0. The average Bonchev–Trinajstić information content (AvgIpc) is 2.75. The van der Waals surface area contributed by atoms with Crippen LogP contribution in [0.5, 0.6) is 0 Å². The molecule has 1 aromatic rings. The van der Waals surface area contributed by atoms with E-state index in [9.17, 15) is 8.42 Å². The highest BCUT2D eigenvalue weighted by atomic mass is 32.2. The third-order valence-corrected chi connectivity index (χ3v) is 5.34. The lowest BCUT2D eigenvalue weighted by atomic mass is 10.4. The molecule has 0 saturated carbocycles. The zero-order valence-electron chi connectivity index (χ0n) is 12.0. The topological polar surface area (TPSA) is 78.9 Å². The van der Waals surface area contributed by atoms with Gasteiger partial charge in [0.25, 0.3) is 0 Å². The number of likely N-dealkylation sites (N-methyl/N-ethyl adjacent to an activating group) is 1. The van der Waals surface area contributed by atoms with Gasteiger partial charge in [0.2, 0.25) is 10.0 Å². The van der Waals surface area contributed by atoms with Crippen molar-refractivity contribution in [2.24, 2.45) is 0 Å². The molecule has 1 aromatic heterocycles. The van der Waals surface area contributed by atoms with Gasteiger partial charge < -0.3 is 14.7 Å². The van der Waals surface area contributed by atoms with Gasteiger partial charge in [0.1, 0.15) is 0 Å². The van der Waals surface area contributed by atoms with E-state index in [-0.39, 0.29) is 18.0 Å². The van der Waals surface area contributed by atoms with Gasteiger partial charge >= 0.3 is 0 Å². The zero-order chi connectivity index (χ0) is 15.2. The Morgan fingerprint density at radius 3 is 2.65 bits per heavy atom. The Morgan fingerprint density at radius 1 is 1.40 bits per heavy atom. The summed E-state index contributed by atoms with van der Waals surface area (Å²) in [5, 5.41) is 9.03. The summed E-state index contributed by atoms with van der Waals surface area (Å²) >= 11 is 1.29. The van der Waals surface area contributed by atoms with Crippen LogP contribution >= 0.6 is 11.3 Å². The van der Waals surface area contributed by atoms with E-state index in [4.69, 9.17) is 9.84 Å². The fourth-order valence-electron chi connectivity index (χ4n) is 1.54. The zero-order valence-corrected chi connectivity index (χ0v) is 13.7. The van der Waals surface area contributed by atoms with Crippen molar-refractivity contribution >= 4 is 21.4 Å². The Morgan fingerprint density at radius 2 is 2.10 bits per heavy atom. The number of nitrogens with one attached hydrogen (secondary N) is 1. The van der Waals surface area contributed by atoms with Gasteiger partial charge in [-0.25, -0.2) is 13.1 Å². The number of aliphatic hydroxyl groups excluding tert-OH is 1. The quantitative estimate of drug-likeness (QED) is 0.644. The second-order valence-electron chi connectivity index (χ2n) is 4.60. The first-order valence-corrected chi connectivity index (χ1v) is 8.59. The lowest BCUT2D eigenvalue weighted by Gasteiger charge is -2.10. The lowest BCUT2D eigenvalue weighted by molar-refractivity contribution is 0.122. The van der Waals surface area contributed by atoms with Gasteiger partial charge in [0.05, 0.1) is 24.7 Å². The van der Waals surface area contributed by atoms with Crippen molar-refractivity contribution in [1.82, 2.24) is 9.62 Å². The third-order valence-electron chi connectivity index (χ3n) is 2.59. The van der Waals surface area contributed by atoms with Gasteiger partial charge in [0, 0.05) is 22.8 Å². The van der Waals surface area contributed by atoms with E-state index in [1.807, 2.05) is 19.0 Å². The highest BCUT2D eigenvalue weighted by Gasteiger charge is 2.19. The molecule has 1 heterocycles. The van der Waals surface area contributed by atoms with E-state index in [1.165, 1.54) is 17.4 Å². The van der Waals surface area contributed by atoms with Crippen LogP contribution in [0.4, 0.5) is 0 Å². The summed E-state index contributed by atoms with van der Waals surface area (Å²) in [7, 11) is 0.372. The number of aliphatic hydroxyl groups is 1. The van der Waals surface area contributed by atoms with Crippen molar-refractivity contribution < 1.29 is 18.3 Å². The minimum Gasteiger partial charge on any atom is -0.391 e. The second-order valence-corrected chi connectivity index (χ2v) is 7.68. The third kappa shape index (κ3) is 5.47. The molecule has 6 nitrogen and oxygen atoms in total. The molecule has 0 aliphatic carbocycles. The fraction of sp³-hybridized carbons (Fsp3) is 0.667. The Labute approximate surface area is 124 Å². The van der Waals surface area contributed by atoms with Gasteiger partial charge in [-0.15, -0.1) is 11.3 Å². The van der Waals surface area contributed by atoms with Crippen LogP contribution in [0.25, 0.3) is 0 Å². The first kappa shape index (κ1) is 17.5. The van der Waals surface area contributed by atoms with Crippen molar-refractivity contribution in [3.8, 4) is 0 Å². The number of ether oxygens (including phenoxy) is 1. The van der Waals surface area contributed by atoms with E-state index < -0.39 is 10.0 Å². The van der Waals surface area contributed by atoms with Crippen molar-refractivity contribution in [3.63, 3.8) is 0 Å². The number of rotatable bonds is 9. The summed E-state index contributed by atoms with van der Waals surface area (Å²) in [4.78, 5) is 3.55. The lowest BCUT2D eigenvalue weighted by Crippen LogP contribution is -2.28. The summed E-state index contributed by atoms with van der Waals surface area (Å²) in [6.07, 6.45) is 0. The van der Waals surface area contributed by atoms with Crippen LogP contribution in [0.2, 0.25) is 0 Å². The van der Waals surface area contributed by atoms with E-state index in [1.54, 1.807) is 6.92 Å². The largest absolute Gasteiger partial charge is 0.391 e. The van der Waals surface area contributed by atoms with Crippen LogP contribution in [-0.2, 0) is 21.4 Å². The molecule has 0 amide bonds. The van der Waals surface area contributed by atoms with Crippen LogP contribution in [-0.4, -0.2) is 58.8 Å². The molecule has 8 heteroatoms. The highest BCUT2D eigenvalue weighted by Crippen LogP contribution is 2.25. The predicted octanol–water partition coefficient (Wildman–Crippen LogP) is 0.405. The van der Waals surface area contributed by atoms with Crippen molar-refractivity contribution in [3.05, 3.63) is 15.8 Å². The molecule has 2 N–H and O–H groups in total. The molecular weight excluding hydrogens is 300 g/mol. The molecule has 20 heavy (non-hydrogen) atoms. The van der Waals surface area contributed by atoms with Crippen LogP contribution < -0.4 is 4.72 Å². The number of aryl methyl sites for hydroxylation is 1. The monoisotopic (exact) mass is 322 g/mol. The maximum absolute atomic E-state index is 12.1. The molecule has 0 bridgehead atoms.